The second-order valence-corrected chi connectivity index (χ2v) is 8.76. The van der Waals surface area contributed by atoms with Gasteiger partial charge in [-0.25, -0.2) is 4.79 Å². The van der Waals surface area contributed by atoms with E-state index in [-0.39, 0.29) is 23.7 Å². The normalized spacial score (nSPS) is 13.4. The summed E-state index contributed by atoms with van der Waals surface area (Å²) in [7, 11) is -3.97. The molecule has 7 nitrogen and oxygen atoms in total. The first-order valence-electron chi connectivity index (χ1n) is 8.52. The lowest BCUT2D eigenvalue weighted by Gasteiger charge is -2.23. The molecule has 0 bridgehead atoms. The molecule has 0 aliphatic carbocycles. The lowest BCUT2D eigenvalue weighted by Crippen LogP contribution is -2.41. The molecule has 0 saturated heterocycles. The summed E-state index contributed by atoms with van der Waals surface area (Å²) in [4.78, 5) is 23.0. The fourth-order valence-corrected chi connectivity index (χ4v) is 2.93. The number of aryl methyl sites for hydroxylation is 1. The zero-order valence-electron chi connectivity index (χ0n) is 16.3. The number of nitrogens with one attached hydrogen (secondary N) is 1. The van der Waals surface area contributed by atoms with Crippen molar-refractivity contribution in [1.29, 1.82) is 0 Å². The van der Waals surface area contributed by atoms with Crippen LogP contribution in [0.1, 0.15) is 39.7 Å². The lowest BCUT2D eigenvalue weighted by atomic mass is 10.2. The van der Waals surface area contributed by atoms with Crippen molar-refractivity contribution in [2.24, 2.45) is 0 Å². The number of allylic oxidation sites excluding steroid dienone is 1. The van der Waals surface area contributed by atoms with Crippen molar-refractivity contribution < 1.29 is 26.9 Å². The van der Waals surface area contributed by atoms with Crippen LogP contribution in [0.4, 0.5) is 4.79 Å². The molecule has 27 heavy (non-hydrogen) atoms. The Balaban J connectivity index is 2.81. The van der Waals surface area contributed by atoms with E-state index in [2.05, 4.69) is 5.32 Å². The molecule has 0 unspecified atom stereocenters. The van der Waals surface area contributed by atoms with E-state index in [9.17, 15) is 18.0 Å². The smallest absolute Gasteiger partial charge is 0.407 e. The zero-order valence-corrected chi connectivity index (χ0v) is 17.1. The van der Waals surface area contributed by atoms with Gasteiger partial charge in [0.2, 0.25) is 0 Å². The van der Waals surface area contributed by atoms with E-state index in [1.807, 2.05) is 6.92 Å². The van der Waals surface area contributed by atoms with E-state index >= 15 is 0 Å². The fraction of sp³-hybridized carbons (Fsp3) is 0.474. The lowest BCUT2D eigenvalue weighted by molar-refractivity contribution is -0.112. The number of carbonyl (C=O) groups excluding carboxylic acids is 2. The highest BCUT2D eigenvalue weighted by Crippen LogP contribution is 2.14. The van der Waals surface area contributed by atoms with Crippen LogP contribution in [0.25, 0.3) is 0 Å². The largest absolute Gasteiger partial charge is 0.444 e. The maximum Gasteiger partial charge on any atom is 0.407 e. The van der Waals surface area contributed by atoms with Crippen LogP contribution >= 0.6 is 0 Å². The summed E-state index contributed by atoms with van der Waals surface area (Å²) in [6, 6.07) is 5.56. The minimum Gasteiger partial charge on any atom is -0.444 e. The monoisotopic (exact) mass is 397 g/mol. The van der Waals surface area contributed by atoms with Crippen LogP contribution in [0.15, 0.2) is 41.3 Å². The quantitative estimate of drug-likeness (QED) is 0.534. The standard InChI is InChI=1S/C19H27NO6S/c1-14-9-11-17(12-10-14)27(23,24)25-13-16(8-6-7-15(2)21)20-18(22)26-19(3,4)5/h6-7,9-12,16H,8,13H2,1-5H3,(H,20,22)/b7-6+/t16-/m0/s1. The first kappa shape index (κ1) is 22.9. The number of carbonyl (C=O) groups is 2. The highest BCUT2D eigenvalue weighted by atomic mass is 32.2. The van der Waals surface area contributed by atoms with Gasteiger partial charge in [-0.2, -0.15) is 8.42 Å². The third-order valence-electron chi connectivity index (χ3n) is 3.23. The molecule has 0 spiro atoms. The molecule has 0 aromatic heterocycles. The number of amides is 1. The summed E-state index contributed by atoms with van der Waals surface area (Å²) < 4.78 is 34.9. The molecule has 0 radical (unpaired) electrons. The van der Waals surface area contributed by atoms with Crippen LogP contribution in [0.3, 0.4) is 0 Å². The van der Waals surface area contributed by atoms with E-state index in [0.29, 0.717) is 0 Å². The van der Waals surface area contributed by atoms with Crippen molar-refractivity contribution in [3.8, 4) is 0 Å². The minimum atomic E-state index is -3.97. The average molecular weight is 397 g/mol. The summed E-state index contributed by atoms with van der Waals surface area (Å²) in [6.45, 7) is 8.10. The van der Waals surface area contributed by atoms with E-state index in [1.165, 1.54) is 25.1 Å². The Morgan fingerprint density at radius 2 is 1.78 bits per heavy atom. The Kier molecular flexibility index (Phi) is 8.18. The number of ketones is 1. The summed E-state index contributed by atoms with van der Waals surface area (Å²) in [6.07, 6.45) is 2.41. The summed E-state index contributed by atoms with van der Waals surface area (Å²) >= 11 is 0. The number of ether oxygens (including phenoxy) is 1. The van der Waals surface area contributed by atoms with E-state index in [1.54, 1.807) is 39.0 Å². The van der Waals surface area contributed by atoms with Crippen molar-refractivity contribution in [2.45, 2.75) is 57.6 Å². The van der Waals surface area contributed by atoms with Gasteiger partial charge in [0.25, 0.3) is 10.1 Å². The Hall–Kier alpha value is -2.19. The van der Waals surface area contributed by atoms with Gasteiger partial charge in [0.05, 0.1) is 17.5 Å². The molecule has 8 heteroatoms. The van der Waals surface area contributed by atoms with Gasteiger partial charge in [-0.05, 0) is 59.2 Å². The van der Waals surface area contributed by atoms with Crippen molar-refractivity contribution >= 4 is 22.0 Å². The third-order valence-corrected chi connectivity index (χ3v) is 4.52. The SMILES string of the molecule is CC(=O)/C=C/C[C@@H](COS(=O)(=O)c1ccc(C)cc1)NC(=O)OC(C)(C)C. The molecule has 0 fully saturated rings. The van der Waals surface area contributed by atoms with Gasteiger partial charge in [0, 0.05) is 0 Å². The van der Waals surface area contributed by atoms with Gasteiger partial charge >= 0.3 is 6.09 Å². The Bertz CT molecular complexity index is 775. The molecule has 1 atom stereocenters. The summed E-state index contributed by atoms with van der Waals surface area (Å²) in [5.74, 6) is -0.154. The van der Waals surface area contributed by atoms with E-state index in [4.69, 9.17) is 8.92 Å². The van der Waals surface area contributed by atoms with Crippen LogP contribution in [0.5, 0.6) is 0 Å². The number of benzene rings is 1. The van der Waals surface area contributed by atoms with Gasteiger partial charge in [-0.15, -0.1) is 0 Å². The Morgan fingerprint density at radius 1 is 1.19 bits per heavy atom. The molecule has 1 rings (SSSR count). The Labute approximate surface area is 160 Å². The maximum absolute atomic E-state index is 12.3. The number of hydrogen-bond acceptors (Lipinski definition) is 6. The van der Waals surface area contributed by atoms with E-state index in [0.717, 1.165) is 5.56 Å². The molecular formula is C19H27NO6S. The molecule has 1 aromatic rings. The van der Waals surface area contributed by atoms with Crippen LogP contribution in [-0.4, -0.2) is 38.5 Å². The molecular weight excluding hydrogens is 370 g/mol. The second kappa shape index (κ2) is 9.66. The number of hydrogen-bond donors (Lipinski definition) is 1. The highest BCUT2D eigenvalue weighted by Gasteiger charge is 2.22. The predicted molar refractivity (Wildman–Crippen MR) is 102 cm³/mol. The van der Waals surface area contributed by atoms with Gasteiger partial charge in [0.15, 0.2) is 5.78 Å². The molecule has 0 saturated carbocycles. The minimum absolute atomic E-state index is 0.0309. The average Bonchev–Trinajstić information content (AvgIpc) is 2.50. The van der Waals surface area contributed by atoms with Crippen molar-refractivity contribution in [3.05, 3.63) is 42.0 Å². The molecule has 0 aliphatic heterocycles. The number of alkyl carbamates (subject to hydrolysis) is 1. The molecule has 0 heterocycles. The van der Waals surface area contributed by atoms with Gasteiger partial charge in [0.1, 0.15) is 5.60 Å². The van der Waals surface area contributed by atoms with Gasteiger partial charge < -0.3 is 10.1 Å². The van der Waals surface area contributed by atoms with Crippen LogP contribution in [-0.2, 0) is 23.8 Å². The first-order chi connectivity index (χ1) is 12.4. The van der Waals surface area contributed by atoms with Crippen LogP contribution < -0.4 is 5.32 Å². The predicted octanol–water partition coefficient (Wildman–Crippen LogP) is 3.13. The summed E-state index contributed by atoms with van der Waals surface area (Å²) in [5.41, 5.74) is 0.228. The van der Waals surface area contributed by atoms with Crippen LogP contribution in [0, 0.1) is 6.92 Å². The maximum atomic E-state index is 12.3. The van der Waals surface area contributed by atoms with Crippen molar-refractivity contribution in [2.75, 3.05) is 6.61 Å². The van der Waals surface area contributed by atoms with Crippen LogP contribution in [0.2, 0.25) is 0 Å². The second-order valence-electron chi connectivity index (χ2n) is 7.14. The van der Waals surface area contributed by atoms with Crippen molar-refractivity contribution in [3.63, 3.8) is 0 Å². The van der Waals surface area contributed by atoms with Crippen molar-refractivity contribution in [1.82, 2.24) is 5.32 Å². The highest BCUT2D eigenvalue weighted by molar-refractivity contribution is 7.86. The third kappa shape index (κ3) is 9.35. The molecule has 1 N–H and O–H groups in total. The first-order valence-corrected chi connectivity index (χ1v) is 9.92. The van der Waals surface area contributed by atoms with Gasteiger partial charge in [-0.3, -0.25) is 8.98 Å². The summed E-state index contributed by atoms with van der Waals surface area (Å²) in [5, 5.41) is 2.57. The molecule has 1 aromatic carbocycles. The topological polar surface area (TPSA) is 98.8 Å². The van der Waals surface area contributed by atoms with E-state index < -0.39 is 27.9 Å². The molecule has 1 amide bonds. The molecule has 150 valence electrons. The fourth-order valence-electron chi connectivity index (χ4n) is 1.99. The Morgan fingerprint density at radius 3 is 2.30 bits per heavy atom. The van der Waals surface area contributed by atoms with Gasteiger partial charge in [-0.1, -0.05) is 23.8 Å². The molecule has 0 aliphatic rings. The number of rotatable bonds is 8. The zero-order chi connectivity index (χ0) is 20.7.